The van der Waals surface area contributed by atoms with Gasteiger partial charge in [-0.3, -0.25) is 5.01 Å². The van der Waals surface area contributed by atoms with Crippen LogP contribution >= 0.6 is 15.9 Å². The Morgan fingerprint density at radius 1 is 0.562 bits per heavy atom. The first-order chi connectivity index (χ1) is 23.6. The van der Waals surface area contributed by atoms with Gasteiger partial charge in [0.15, 0.2) is 0 Å². The summed E-state index contributed by atoms with van der Waals surface area (Å²) < 4.78 is 13.5. The molecule has 2 aromatic rings. The summed E-state index contributed by atoms with van der Waals surface area (Å²) in [5.74, 6) is 8.35. The molecule has 2 rings (SSSR count). The number of benzene rings is 2. The quantitative estimate of drug-likeness (QED) is 0.0380. The highest BCUT2D eigenvalue weighted by atomic mass is 79.9. The molecule has 0 heterocycles. The van der Waals surface area contributed by atoms with Crippen LogP contribution in [0.5, 0.6) is 11.5 Å². The van der Waals surface area contributed by atoms with E-state index in [0.29, 0.717) is 13.2 Å². The first-order valence-corrected chi connectivity index (χ1v) is 20.3. The smallest absolute Gasteiger partial charge is 0.136 e. The van der Waals surface area contributed by atoms with Crippen molar-refractivity contribution in [1.29, 1.82) is 0 Å². The predicted molar refractivity (Wildman–Crippen MR) is 209 cm³/mol. The lowest BCUT2D eigenvalue weighted by Crippen LogP contribution is -2.14. The van der Waals surface area contributed by atoms with Crippen LogP contribution in [-0.2, 0) is 0 Å². The topological polar surface area (TPSA) is 46.4 Å². The molecule has 48 heavy (non-hydrogen) atoms. The molecule has 0 aliphatic carbocycles. The van der Waals surface area contributed by atoms with Crippen molar-refractivity contribution >= 4 is 21.6 Å². The monoisotopic (exact) mass is 723 g/mol. The van der Waals surface area contributed by atoms with Gasteiger partial charge < -0.3 is 9.47 Å². The molecule has 0 fully saturated rings. The summed E-state index contributed by atoms with van der Waals surface area (Å²) >= 11 is 3.75. The van der Waals surface area contributed by atoms with Crippen molar-refractivity contribution in [2.75, 3.05) is 26.3 Å². The van der Waals surface area contributed by atoms with Crippen molar-refractivity contribution < 1.29 is 9.47 Å². The molecule has 0 aromatic heterocycles. The molecule has 0 bridgehead atoms. The molecule has 0 aliphatic heterocycles. The SMILES string of the molecule is CCCCCCCCCCCCOc1cc(C#Cc2ccc(N=NN(CC)CC)cc2)c(OCCCCCCCCCCCC)cc1Br. The van der Waals surface area contributed by atoms with E-state index in [1.165, 1.54) is 116 Å². The molecule has 0 atom stereocenters. The Morgan fingerprint density at radius 2 is 1.02 bits per heavy atom. The van der Waals surface area contributed by atoms with Gasteiger partial charge in [0.1, 0.15) is 11.5 Å². The maximum atomic E-state index is 6.32. The second-order valence-electron chi connectivity index (χ2n) is 13.0. The van der Waals surface area contributed by atoms with Crippen molar-refractivity contribution in [2.45, 2.75) is 156 Å². The molecule has 2 aromatic carbocycles. The summed E-state index contributed by atoms with van der Waals surface area (Å²) in [6, 6.07) is 12.0. The van der Waals surface area contributed by atoms with Gasteiger partial charge in [-0.05, 0) is 73.0 Å². The van der Waals surface area contributed by atoms with E-state index >= 15 is 0 Å². The van der Waals surface area contributed by atoms with Crippen LogP contribution in [-0.4, -0.2) is 31.3 Å². The van der Waals surface area contributed by atoms with Gasteiger partial charge in [-0.2, -0.15) is 0 Å². The second kappa shape index (κ2) is 28.3. The fourth-order valence-corrected chi connectivity index (χ4v) is 6.06. The molecule has 0 amide bonds. The number of nitrogens with zero attached hydrogens (tertiary/aromatic N) is 3. The normalized spacial score (nSPS) is 11.1. The van der Waals surface area contributed by atoms with E-state index < -0.39 is 0 Å². The number of hydrogen-bond donors (Lipinski definition) is 0. The van der Waals surface area contributed by atoms with Gasteiger partial charge in [-0.15, -0.1) is 5.11 Å². The molecule has 0 N–H and O–H groups in total. The minimum absolute atomic E-state index is 0.697. The highest BCUT2D eigenvalue weighted by Crippen LogP contribution is 2.33. The van der Waals surface area contributed by atoms with E-state index in [1.54, 1.807) is 0 Å². The fourth-order valence-electron chi connectivity index (χ4n) is 5.62. The van der Waals surface area contributed by atoms with Crippen molar-refractivity contribution in [3.8, 4) is 23.3 Å². The summed E-state index contributed by atoms with van der Waals surface area (Å²) in [6.07, 6.45) is 26.2. The average Bonchev–Trinajstić information content (AvgIpc) is 3.10. The largest absolute Gasteiger partial charge is 0.492 e. The zero-order valence-corrected chi connectivity index (χ0v) is 32.6. The predicted octanol–water partition coefficient (Wildman–Crippen LogP) is 13.8. The van der Waals surface area contributed by atoms with Gasteiger partial charge >= 0.3 is 0 Å². The first-order valence-electron chi connectivity index (χ1n) is 19.5. The Kier molecular flexibility index (Phi) is 24.6. The number of unbranched alkanes of at least 4 members (excludes halogenated alkanes) is 18. The highest BCUT2D eigenvalue weighted by Gasteiger charge is 2.10. The van der Waals surface area contributed by atoms with Crippen molar-refractivity contribution in [3.05, 3.63) is 52.0 Å². The van der Waals surface area contributed by atoms with Crippen LogP contribution in [0.1, 0.15) is 167 Å². The molecular weight excluding hydrogens is 658 g/mol. The fraction of sp³-hybridized carbons (Fsp3) is 0.667. The maximum Gasteiger partial charge on any atom is 0.136 e. The summed E-state index contributed by atoms with van der Waals surface area (Å²) in [4.78, 5) is 0. The highest BCUT2D eigenvalue weighted by molar-refractivity contribution is 9.10. The average molecular weight is 725 g/mol. The van der Waals surface area contributed by atoms with Crippen LogP contribution in [0.4, 0.5) is 5.69 Å². The third-order valence-electron chi connectivity index (χ3n) is 8.77. The van der Waals surface area contributed by atoms with E-state index in [1.807, 2.05) is 41.4 Å². The Labute approximate surface area is 303 Å². The molecule has 6 heteroatoms. The molecular formula is C42H66BrN3O2. The van der Waals surface area contributed by atoms with Gasteiger partial charge in [0.25, 0.3) is 0 Å². The van der Waals surface area contributed by atoms with E-state index in [4.69, 9.17) is 9.47 Å². The van der Waals surface area contributed by atoms with Crippen LogP contribution in [0.3, 0.4) is 0 Å². The van der Waals surface area contributed by atoms with Crippen LogP contribution in [0.25, 0.3) is 0 Å². The summed E-state index contributed by atoms with van der Waals surface area (Å²) in [7, 11) is 0. The van der Waals surface area contributed by atoms with E-state index in [9.17, 15) is 0 Å². The Hall–Kier alpha value is -2.52. The molecule has 0 unspecified atom stereocenters. The van der Waals surface area contributed by atoms with E-state index in [2.05, 4.69) is 65.8 Å². The zero-order valence-electron chi connectivity index (χ0n) is 31.0. The third-order valence-corrected chi connectivity index (χ3v) is 9.39. The summed E-state index contributed by atoms with van der Waals surface area (Å²) in [5, 5.41) is 10.6. The van der Waals surface area contributed by atoms with Crippen molar-refractivity contribution in [3.63, 3.8) is 0 Å². The van der Waals surface area contributed by atoms with Crippen LogP contribution in [0.2, 0.25) is 0 Å². The number of halogens is 1. The lowest BCUT2D eigenvalue weighted by Gasteiger charge is -2.13. The van der Waals surface area contributed by atoms with E-state index in [-0.39, 0.29) is 0 Å². The van der Waals surface area contributed by atoms with Crippen LogP contribution in [0, 0.1) is 11.8 Å². The Morgan fingerprint density at radius 3 is 1.50 bits per heavy atom. The Balaban J connectivity index is 1.95. The lowest BCUT2D eigenvalue weighted by atomic mass is 10.1. The van der Waals surface area contributed by atoms with Gasteiger partial charge in [-0.25, -0.2) is 0 Å². The van der Waals surface area contributed by atoms with Crippen LogP contribution in [0.15, 0.2) is 51.2 Å². The summed E-state index contributed by atoms with van der Waals surface area (Å²) in [5.41, 5.74) is 2.60. The van der Waals surface area contributed by atoms with Crippen molar-refractivity contribution in [2.24, 2.45) is 10.3 Å². The van der Waals surface area contributed by atoms with Crippen molar-refractivity contribution in [1.82, 2.24) is 5.01 Å². The van der Waals surface area contributed by atoms with Gasteiger partial charge in [0.05, 0.1) is 28.9 Å². The molecule has 0 saturated heterocycles. The van der Waals surface area contributed by atoms with Gasteiger partial charge in [0, 0.05) is 24.7 Å². The van der Waals surface area contributed by atoms with Crippen LogP contribution < -0.4 is 9.47 Å². The van der Waals surface area contributed by atoms with Gasteiger partial charge in [0.2, 0.25) is 0 Å². The second-order valence-corrected chi connectivity index (χ2v) is 13.8. The van der Waals surface area contributed by atoms with E-state index in [0.717, 1.165) is 58.7 Å². The molecule has 0 radical (unpaired) electrons. The minimum atomic E-state index is 0.697. The number of rotatable bonds is 28. The number of hydrogen-bond acceptors (Lipinski definition) is 4. The molecule has 5 nitrogen and oxygen atoms in total. The zero-order chi connectivity index (χ0) is 34.5. The standard InChI is InChI=1S/C42H66BrN3O2/c1-5-9-11-13-15-17-19-21-23-25-33-47-41-36-40(43)42(48-34-26-24-22-20-18-16-14-12-10-6-2)35-38(41)30-27-37-28-31-39(32-29-37)44-45-46(7-3)8-4/h28-29,31-32,35-36H,5-26,33-34H2,1-4H3. The molecule has 0 saturated carbocycles. The number of ether oxygens (including phenoxy) is 2. The maximum absolute atomic E-state index is 6.32. The molecule has 0 aliphatic rings. The Bertz CT molecular complexity index is 1170. The lowest BCUT2D eigenvalue weighted by molar-refractivity contribution is 0.294. The minimum Gasteiger partial charge on any atom is -0.492 e. The molecule has 268 valence electrons. The summed E-state index contributed by atoms with van der Waals surface area (Å²) in [6.45, 7) is 11.8. The first kappa shape index (κ1) is 41.7. The molecule has 0 spiro atoms. The third kappa shape index (κ3) is 19.5. The van der Waals surface area contributed by atoms with Gasteiger partial charge in [-0.1, -0.05) is 146 Å².